The van der Waals surface area contributed by atoms with Gasteiger partial charge in [0.05, 0.1) is 25.4 Å². The molecule has 0 N–H and O–H groups in total. The Morgan fingerprint density at radius 1 is 1.29 bits per heavy atom. The Hall–Kier alpha value is -1.40. The molecule has 0 aliphatic carbocycles. The van der Waals surface area contributed by atoms with Gasteiger partial charge in [0, 0.05) is 32.0 Å². The molecule has 0 bridgehead atoms. The first-order chi connectivity index (χ1) is 10.3. The maximum absolute atomic E-state index is 6.08. The predicted octanol–water partition coefficient (Wildman–Crippen LogP) is 1.65. The lowest BCUT2D eigenvalue weighted by Gasteiger charge is -2.33. The molecule has 3 rings (SSSR count). The van der Waals surface area contributed by atoms with Crippen LogP contribution in [-0.2, 0) is 9.47 Å². The van der Waals surface area contributed by atoms with Gasteiger partial charge < -0.3 is 19.1 Å². The lowest BCUT2D eigenvalue weighted by atomic mass is 10.1. The average Bonchev–Trinajstić information content (AvgIpc) is 3.02. The zero-order valence-corrected chi connectivity index (χ0v) is 12.5. The Balaban J connectivity index is 1.51. The second-order valence-electron chi connectivity index (χ2n) is 5.44. The van der Waals surface area contributed by atoms with Gasteiger partial charge in [-0.3, -0.25) is 0 Å². The van der Waals surface area contributed by atoms with Crippen molar-refractivity contribution in [1.29, 1.82) is 0 Å². The summed E-state index contributed by atoms with van der Waals surface area (Å²) in [6, 6.07) is 1.79. The minimum absolute atomic E-state index is 0.291. The van der Waals surface area contributed by atoms with E-state index in [2.05, 4.69) is 14.9 Å². The van der Waals surface area contributed by atoms with Gasteiger partial charge in [0.1, 0.15) is 0 Å². The minimum Gasteiger partial charge on any atom is -0.478 e. The molecule has 2 aliphatic rings. The van der Waals surface area contributed by atoms with Gasteiger partial charge in [0.2, 0.25) is 11.8 Å². The molecule has 1 atom stereocenters. The summed E-state index contributed by atoms with van der Waals surface area (Å²) >= 11 is 0. The van der Waals surface area contributed by atoms with Gasteiger partial charge in [-0.25, -0.2) is 4.98 Å². The number of ether oxygens (including phenoxy) is 3. The zero-order valence-electron chi connectivity index (χ0n) is 12.5. The number of aromatic nitrogens is 2. The van der Waals surface area contributed by atoms with E-state index in [-0.39, 0.29) is 0 Å². The summed E-state index contributed by atoms with van der Waals surface area (Å²) in [6.45, 7) is 6.01. The maximum Gasteiger partial charge on any atom is 0.228 e. The third kappa shape index (κ3) is 3.83. The molecular formula is C15H23N3O3. The van der Waals surface area contributed by atoms with Crippen LogP contribution in [-0.4, -0.2) is 55.1 Å². The number of nitrogens with zero attached hydrogens (tertiary/aromatic N) is 3. The average molecular weight is 293 g/mol. The van der Waals surface area contributed by atoms with Crippen LogP contribution >= 0.6 is 0 Å². The summed E-state index contributed by atoms with van der Waals surface area (Å²) in [4.78, 5) is 11.0. The van der Waals surface area contributed by atoms with Crippen LogP contribution in [0.15, 0.2) is 12.3 Å². The third-order valence-corrected chi connectivity index (χ3v) is 3.91. The summed E-state index contributed by atoms with van der Waals surface area (Å²) < 4.78 is 16.9. The predicted molar refractivity (Wildman–Crippen MR) is 78.7 cm³/mol. The molecule has 116 valence electrons. The van der Waals surface area contributed by atoms with Gasteiger partial charge in [-0.2, -0.15) is 4.98 Å². The van der Waals surface area contributed by atoms with Gasteiger partial charge >= 0.3 is 0 Å². The fourth-order valence-corrected chi connectivity index (χ4v) is 2.80. The molecule has 1 unspecified atom stereocenters. The number of rotatable bonds is 5. The molecule has 2 fully saturated rings. The van der Waals surface area contributed by atoms with Crippen molar-refractivity contribution in [3.8, 4) is 5.88 Å². The lowest BCUT2D eigenvalue weighted by molar-refractivity contribution is -0.0262. The van der Waals surface area contributed by atoms with Crippen LogP contribution in [0.4, 0.5) is 5.95 Å². The molecule has 6 heteroatoms. The first-order valence-electron chi connectivity index (χ1n) is 7.79. The topological polar surface area (TPSA) is 56.7 Å². The van der Waals surface area contributed by atoms with E-state index in [1.54, 1.807) is 12.3 Å². The zero-order chi connectivity index (χ0) is 14.5. The van der Waals surface area contributed by atoms with Crippen LogP contribution in [0.1, 0.15) is 26.2 Å². The highest BCUT2D eigenvalue weighted by Crippen LogP contribution is 2.22. The van der Waals surface area contributed by atoms with Crippen LogP contribution < -0.4 is 9.64 Å². The van der Waals surface area contributed by atoms with E-state index in [0.717, 1.165) is 51.5 Å². The molecule has 3 heterocycles. The van der Waals surface area contributed by atoms with Crippen molar-refractivity contribution >= 4 is 5.95 Å². The molecule has 1 aromatic rings. The van der Waals surface area contributed by atoms with Crippen LogP contribution in [0.2, 0.25) is 0 Å². The summed E-state index contributed by atoms with van der Waals surface area (Å²) in [5.41, 5.74) is 0. The summed E-state index contributed by atoms with van der Waals surface area (Å²) in [6.07, 6.45) is 5.44. The van der Waals surface area contributed by atoms with Crippen molar-refractivity contribution in [3.63, 3.8) is 0 Å². The van der Waals surface area contributed by atoms with Crippen LogP contribution in [0, 0.1) is 0 Å². The summed E-state index contributed by atoms with van der Waals surface area (Å²) in [5.74, 6) is 1.40. The fraction of sp³-hybridized carbons (Fsp3) is 0.733. The van der Waals surface area contributed by atoms with Crippen molar-refractivity contribution in [2.24, 2.45) is 0 Å². The van der Waals surface area contributed by atoms with Crippen molar-refractivity contribution in [2.75, 3.05) is 37.8 Å². The van der Waals surface area contributed by atoms with E-state index in [4.69, 9.17) is 14.2 Å². The van der Waals surface area contributed by atoms with Crippen LogP contribution in [0.5, 0.6) is 5.88 Å². The Morgan fingerprint density at radius 3 is 2.86 bits per heavy atom. The minimum atomic E-state index is 0.291. The molecule has 6 nitrogen and oxygen atoms in total. The monoisotopic (exact) mass is 293 g/mol. The Labute approximate surface area is 125 Å². The van der Waals surface area contributed by atoms with E-state index in [1.165, 1.54) is 0 Å². The number of hydrogen-bond acceptors (Lipinski definition) is 6. The molecule has 1 aromatic heterocycles. The Kier molecular flexibility index (Phi) is 4.87. The smallest absolute Gasteiger partial charge is 0.228 e. The second-order valence-corrected chi connectivity index (χ2v) is 5.44. The van der Waals surface area contributed by atoms with Gasteiger partial charge in [0.25, 0.3) is 0 Å². The van der Waals surface area contributed by atoms with Crippen molar-refractivity contribution in [3.05, 3.63) is 12.3 Å². The largest absolute Gasteiger partial charge is 0.478 e. The van der Waals surface area contributed by atoms with E-state index in [0.29, 0.717) is 24.7 Å². The molecule has 2 aliphatic heterocycles. The number of hydrogen-bond donors (Lipinski definition) is 0. The summed E-state index contributed by atoms with van der Waals surface area (Å²) in [5, 5.41) is 0. The lowest BCUT2D eigenvalue weighted by Crippen LogP contribution is -2.39. The van der Waals surface area contributed by atoms with Gasteiger partial charge in [0.15, 0.2) is 0 Å². The first-order valence-corrected chi connectivity index (χ1v) is 7.79. The molecule has 0 radical (unpaired) electrons. The van der Waals surface area contributed by atoms with E-state index in [1.807, 2.05) is 6.92 Å². The SMILES string of the molecule is CCOc1ccnc(N2CCC(OC3CCOC3)CC2)n1. The van der Waals surface area contributed by atoms with Crippen molar-refractivity contribution in [2.45, 2.75) is 38.4 Å². The van der Waals surface area contributed by atoms with Crippen LogP contribution in [0.3, 0.4) is 0 Å². The Bertz CT molecular complexity index is 444. The molecule has 0 saturated carbocycles. The first kappa shape index (κ1) is 14.5. The highest BCUT2D eigenvalue weighted by Gasteiger charge is 2.26. The molecule has 0 aromatic carbocycles. The second kappa shape index (κ2) is 7.04. The van der Waals surface area contributed by atoms with E-state index >= 15 is 0 Å². The molecule has 0 amide bonds. The Morgan fingerprint density at radius 2 is 2.14 bits per heavy atom. The van der Waals surface area contributed by atoms with Gasteiger partial charge in [-0.05, 0) is 26.2 Å². The quantitative estimate of drug-likeness (QED) is 0.823. The molecule has 21 heavy (non-hydrogen) atoms. The van der Waals surface area contributed by atoms with Gasteiger partial charge in [-0.1, -0.05) is 0 Å². The number of anilines is 1. The van der Waals surface area contributed by atoms with Crippen molar-refractivity contribution < 1.29 is 14.2 Å². The fourth-order valence-electron chi connectivity index (χ4n) is 2.80. The van der Waals surface area contributed by atoms with Gasteiger partial charge in [-0.15, -0.1) is 0 Å². The molecule has 0 spiro atoms. The van der Waals surface area contributed by atoms with Crippen LogP contribution in [0.25, 0.3) is 0 Å². The summed E-state index contributed by atoms with van der Waals surface area (Å²) in [7, 11) is 0. The standard InChI is InChI=1S/C15H23N3O3/c1-2-20-14-3-7-16-15(17-14)18-8-4-12(5-9-18)21-13-6-10-19-11-13/h3,7,12-13H,2,4-6,8-11H2,1H3. The highest BCUT2D eigenvalue weighted by molar-refractivity contribution is 5.32. The molecular weight excluding hydrogens is 270 g/mol. The normalized spacial score (nSPS) is 23.5. The number of piperidine rings is 1. The third-order valence-electron chi connectivity index (χ3n) is 3.91. The molecule has 2 saturated heterocycles. The van der Waals surface area contributed by atoms with E-state index < -0.39 is 0 Å². The van der Waals surface area contributed by atoms with Crippen molar-refractivity contribution in [1.82, 2.24) is 9.97 Å². The highest BCUT2D eigenvalue weighted by atomic mass is 16.5. The van der Waals surface area contributed by atoms with E-state index in [9.17, 15) is 0 Å². The maximum atomic E-state index is 6.08.